The van der Waals surface area contributed by atoms with Gasteiger partial charge in [-0.25, -0.2) is 0 Å². The summed E-state index contributed by atoms with van der Waals surface area (Å²) in [6.07, 6.45) is 6.71. The highest BCUT2D eigenvalue weighted by atomic mass is 31.2. The molecule has 1 aliphatic rings. The van der Waals surface area contributed by atoms with Crippen molar-refractivity contribution in [2.24, 2.45) is 21.6 Å². The van der Waals surface area contributed by atoms with E-state index in [4.69, 9.17) is 4.74 Å². The maximum absolute atomic E-state index is 13.2. The molecule has 0 aliphatic carbocycles. The molecule has 0 bridgehead atoms. The second-order valence-corrected chi connectivity index (χ2v) is 15.7. The van der Waals surface area contributed by atoms with Crippen molar-refractivity contribution in [1.29, 1.82) is 0 Å². The Balaban J connectivity index is 1.71. The van der Waals surface area contributed by atoms with Gasteiger partial charge in [-0.15, -0.1) is 10.2 Å². The summed E-state index contributed by atoms with van der Waals surface area (Å²) in [5.74, 6) is 1.23. The van der Waals surface area contributed by atoms with E-state index in [2.05, 4.69) is 51.8 Å². The zero-order chi connectivity index (χ0) is 24.8. The molecule has 7 heteroatoms. The largest absolute Gasteiger partial charge is 0.494 e. The van der Waals surface area contributed by atoms with E-state index in [9.17, 15) is 13.2 Å². The first-order chi connectivity index (χ1) is 15.4. The number of hydrogen-bond donors (Lipinski definition) is 0. The molecular formula is C26H43F3N2OP+. The molecule has 33 heavy (non-hydrogen) atoms. The number of hydrogen-bond acceptors (Lipinski definition) is 3. The van der Waals surface area contributed by atoms with Crippen LogP contribution in [0.1, 0.15) is 79.2 Å². The number of rotatable bonds is 14. The molecule has 1 atom stereocenters. The van der Waals surface area contributed by atoms with Crippen LogP contribution in [0.25, 0.3) is 0 Å². The summed E-state index contributed by atoms with van der Waals surface area (Å²) in [6.45, 7) is 14.7. The quantitative estimate of drug-likeness (QED) is 0.190. The van der Waals surface area contributed by atoms with Gasteiger partial charge in [-0.3, -0.25) is 0 Å². The average molecular weight is 488 g/mol. The van der Waals surface area contributed by atoms with Crippen molar-refractivity contribution in [3.63, 3.8) is 0 Å². The summed E-state index contributed by atoms with van der Waals surface area (Å²) in [5, 5.41) is 6.53. The standard InChI is InChI=1S/C26H43F3N2OP/c1-7-33(8-2,20-21(3)19-24(4,5)6)17-12-10-9-11-16-32-23-15-13-14-22(18-23)25(30-31-25)26(27,28)29/h13-15,18,21H,7-12,16-17,19-20H2,1-6H3/q+1. The van der Waals surface area contributed by atoms with Crippen molar-refractivity contribution >= 4 is 7.26 Å². The second kappa shape index (κ2) is 11.5. The van der Waals surface area contributed by atoms with Crippen molar-refractivity contribution in [3.05, 3.63) is 29.8 Å². The molecule has 0 amide bonds. The van der Waals surface area contributed by atoms with Gasteiger partial charge in [0.25, 0.3) is 0 Å². The molecule has 0 fully saturated rings. The fourth-order valence-corrected chi connectivity index (χ4v) is 9.12. The minimum Gasteiger partial charge on any atom is -0.494 e. The van der Waals surface area contributed by atoms with Crippen LogP contribution in [-0.4, -0.2) is 37.4 Å². The Morgan fingerprint density at radius 3 is 2.18 bits per heavy atom. The van der Waals surface area contributed by atoms with Crippen LogP contribution in [0, 0.1) is 11.3 Å². The predicted molar refractivity (Wildman–Crippen MR) is 134 cm³/mol. The van der Waals surface area contributed by atoms with E-state index in [1.165, 1.54) is 56.0 Å². The van der Waals surface area contributed by atoms with Gasteiger partial charge in [0.05, 0.1) is 31.3 Å². The van der Waals surface area contributed by atoms with Crippen molar-refractivity contribution in [2.45, 2.75) is 85.5 Å². The third-order valence-electron chi connectivity index (χ3n) is 6.73. The summed E-state index contributed by atoms with van der Waals surface area (Å²) in [5.41, 5.74) is -1.97. The number of unbranched alkanes of at least 4 members (excludes halogenated alkanes) is 3. The molecule has 0 spiro atoms. The summed E-state index contributed by atoms with van der Waals surface area (Å²) in [7, 11) is -0.874. The van der Waals surface area contributed by atoms with Crippen LogP contribution in [0.5, 0.6) is 5.75 Å². The lowest BCUT2D eigenvalue weighted by atomic mass is 9.86. The Kier molecular flexibility index (Phi) is 9.80. The first-order valence-corrected chi connectivity index (χ1v) is 15.0. The van der Waals surface area contributed by atoms with Crippen LogP contribution in [0.3, 0.4) is 0 Å². The lowest BCUT2D eigenvalue weighted by Crippen LogP contribution is -2.30. The number of alkyl halides is 3. The van der Waals surface area contributed by atoms with E-state index in [-0.39, 0.29) is 5.56 Å². The van der Waals surface area contributed by atoms with Crippen LogP contribution in [0.2, 0.25) is 0 Å². The lowest BCUT2D eigenvalue weighted by Gasteiger charge is -2.31. The Morgan fingerprint density at radius 1 is 1.00 bits per heavy atom. The van der Waals surface area contributed by atoms with Crippen LogP contribution in [-0.2, 0) is 5.66 Å². The Bertz CT molecular complexity index is 764. The number of ether oxygens (including phenoxy) is 1. The predicted octanol–water partition coefficient (Wildman–Crippen LogP) is 8.94. The first-order valence-electron chi connectivity index (χ1n) is 12.5. The molecule has 0 saturated carbocycles. The molecule has 0 radical (unpaired) electrons. The van der Waals surface area contributed by atoms with Gasteiger partial charge in [0, 0.05) is 12.8 Å². The Labute approximate surface area is 199 Å². The first kappa shape index (κ1) is 28.1. The average Bonchev–Trinajstić information content (AvgIpc) is 3.53. The van der Waals surface area contributed by atoms with Gasteiger partial charge in [-0.1, -0.05) is 39.8 Å². The fraction of sp³-hybridized carbons (Fsp3) is 0.769. The Morgan fingerprint density at radius 2 is 1.64 bits per heavy atom. The van der Waals surface area contributed by atoms with E-state index in [0.717, 1.165) is 18.8 Å². The molecule has 188 valence electrons. The summed E-state index contributed by atoms with van der Waals surface area (Å²) in [6, 6.07) is 6.07. The summed E-state index contributed by atoms with van der Waals surface area (Å²) in [4.78, 5) is 0. The molecule has 1 unspecified atom stereocenters. The second-order valence-electron chi connectivity index (χ2n) is 10.9. The lowest BCUT2D eigenvalue weighted by molar-refractivity contribution is -0.166. The van der Waals surface area contributed by atoms with Gasteiger partial charge in [0.15, 0.2) is 0 Å². The van der Waals surface area contributed by atoms with E-state index in [0.29, 0.717) is 17.8 Å². The van der Waals surface area contributed by atoms with Gasteiger partial charge >= 0.3 is 11.8 Å². The summed E-state index contributed by atoms with van der Waals surface area (Å²) >= 11 is 0. The van der Waals surface area contributed by atoms with Gasteiger partial charge in [-0.2, -0.15) is 13.2 Å². The van der Waals surface area contributed by atoms with Crippen molar-refractivity contribution in [1.82, 2.24) is 0 Å². The van der Waals surface area contributed by atoms with Crippen LogP contribution < -0.4 is 4.74 Å². The van der Waals surface area contributed by atoms with Gasteiger partial charge in [-0.05, 0) is 69.4 Å². The van der Waals surface area contributed by atoms with Crippen molar-refractivity contribution in [3.8, 4) is 5.75 Å². The van der Waals surface area contributed by atoms with E-state index in [1.807, 2.05) is 0 Å². The molecule has 0 N–H and O–H groups in total. The third-order valence-corrected chi connectivity index (χ3v) is 12.1. The van der Waals surface area contributed by atoms with E-state index in [1.54, 1.807) is 12.1 Å². The van der Waals surface area contributed by atoms with Crippen LogP contribution in [0.15, 0.2) is 34.5 Å². The topological polar surface area (TPSA) is 34.0 Å². The molecule has 1 aliphatic heterocycles. The number of halogens is 3. The van der Waals surface area contributed by atoms with Gasteiger partial charge in [0.1, 0.15) is 5.75 Å². The smallest absolute Gasteiger partial charge is 0.442 e. The molecular weight excluding hydrogens is 444 g/mol. The van der Waals surface area contributed by atoms with Crippen LogP contribution >= 0.6 is 7.26 Å². The van der Waals surface area contributed by atoms with Crippen molar-refractivity contribution in [2.75, 3.05) is 31.3 Å². The molecule has 3 nitrogen and oxygen atoms in total. The van der Waals surface area contributed by atoms with E-state index >= 15 is 0 Å². The molecule has 0 saturated heterocycles. The molecule has 1 heterocycles. The fourth-order valence-electron chi connectivity index (χ4n) is 5.00. The highest BCUT2D eigenvalue weighted by Gasteiger charge is 2.65. The monoisotopic (exact) mass is 487 g/mol. The third kappa shape index (κ3) is 8.23. The molecule has 1 aromatic rings. The minimum absolute atomic E-state index is 0.0210. The Hall–Kier alpha value is -1.16. The van der Waals surface area contributed by atoms with Crippen LogP contribution in [0.4, 0.5) is 13.2 Å². The minimum atomic E-state index is -4.51. The maximum atomic E-state index is 13.2. The van der Waals surface area contributed by atoms with Gasteiger partial charge < -0.3 is 4.74 Å². The van der Waals surface area contributed by atoms with Gasteiger partial charge in [0.2, 0.25) is 0 Å². The number of nitrogens with zero attached hydrogens (tertiary/aromatic N) is 2. The highest BCUT2D eigenvalue weighted by molar-refractivity contribution is 7.75. The molecule has 2 rings (SSSR count). The molecule has 1 aromatic carbocycles. The van der Waals surface area contributed by atoms with Crippen molar-refractivity contribution < 1.29 is 17.9 Å². The normalized spacial score (nSPS) is 16.6. The number of benzene rings is 1. The zero-order valence-electron chi connectivity index (χ0n) is 21.3. The molecule has 0 aromatic heterocycles. The maximum Gasteiger partial charge on any atom is 0.442 e. The SMILES string of the molecule is CC[P+](CC)(CCCCCCOc1cccc(C2(C(F)(F)F)N=N2)c1)CC(C)CC(C)(C)C. The summed E-state index contributed by atoms with van der Waals surface area (Å²) < 4.78 is 45.3. The zero-order valence-corrected chi connectivity index (χ0v) is 22.2. The highest BCUT2D eigenvalue weighted by Crippen LogP contribution is 2.60. The van der Waals surface area contributed by atoms with E-state index < -0.39 is 19.1 Å².